The summed E-state index contributed by atoms with van der Waals surface area (Å²) in [5.41, 5.74) is 0. The van der Waals surface area contributed by atoms with E-state index in [1.807, 2.05) is 0 Å². The van der Waals surface area contributed by atoms with Gasteiger partial charge in [-0.05, 0) is 0 Å². The van der Waals surface area contributed by atoms with Gasteiger partial charge < -0.3 is 0 Å². The highest BCUT2D eigenvalue weighted by Crippen LogP contribution is 1.79. The summed E-state index contributed by atoms with van der Waals surface area (Å²) in [7, 11) is -2.21. The van der Waals surface area contributed by atoms with Gasteiger partial charge in [0.15, 0.2) is 0 Å². The van der Waals surface area contributed by atoms with E-state index in [-0.39, 0.29) is 0 Å². The van der Waals surface area contributed by atoms with Gasteiger partial charge in [-0.2, -0.15) is 0 Å². The molecule has 10 heavy (non-hydrogen) atoms. The molecular weight excluding hydrogens is 168 g/mol. The van der Waals surface area contributed by atoms with Crippen LogP contribution in [0.15, 0.2) is 0 Å². The maximum absolute atomic E-state index is 10.6. The third-order valence-corrected chi connectivity index (χ3v) is 2.63. The summed E-state index contributed by atoms with van der Waals surface area (Å²) in [6.07, 6.45) is 0. The van der Waals surface area contributed by atoms with Crippen molar-refractivity contribution >= 4 is 21.6 Å². The Labute approximate surface area is 66.3 Å². The van der Waals surface area contributed by atoms with E-state index in [0.29, 0.717) is 11.5 Å². The van der Waals surface area contributed by atoms with Gasteiger partial charge in [0.05, 0.1) is 21.6 Å². The first-order chi connectivity index (χ1) is 4.70. The van der Waals surface area contributed by atoms with E-state index in [1.165, 1.54) is 0 Å². The summed E-state index contributed by atoms with van der Waals surface area (Å²) in [6.45, 7) is 3.55. The Morgan fingerprint density at radius 2 is 1.30 bits per heavy atom. The second-order valence-corrected chi connectivity index (χ2v) is 4.42. The second-order valence-electron chi connectivity index (χ2n) is 1.47. The Morgan fingerprint density at radius 3 is 1.50 bits per heavy atom. The summed E-state index contributed by atoms with van der Waals surface area (Å²) in [5, 5.41) is 4.81. The van der Waals surface area contributed by atoms with Crippen LogP contribution in [-0.4, -0.2) is 19.9 Å². The molecule has 0 aromatic carbocycles. The van der Waals surface area contributed by atoms with Crippen LogP contribution in [-0.2, 0) is 21.6 Å². The smallest absolute Gasteiger partial charge is 0.0981 e. The van der Waals surface area contributed by atoms with Gasteiger partial charge in [-0.15, -0.1) is 0 Å². The molecule has 0 spiro atoms. The van der Waals surface area contributed by atoms with Crippen molar-refractivity contribution in [3.63, 3.8) is 0 Å². The van der Waals surface area contributed by atoms with Crippen molar-refractivity contribution in [3.8, 4) is 10.5 Å². The van der Waals surface area contributed by atoms with Crippen molar-refractivity contribution in [2.75, 3.05) is 11.5 Å². The summed E-state index contributed by atoms with van der Waals surface area (Å²) < 4.78 is 21.3. The summed E-state index contributed by atoms with van der Waals surface area (Å²) in [4.78, 5) is 0. The predicted molar refractivity (Wildman–Crippen MR) is 45.1 cm³/mol. The molecule has 4 heteroatoms. The summed E-state index contributed by atoms with van der Waals surface area (Å²) in [6, 6.07) is 0. The van der Waals surface area contributed by atoms with Crippen molar-refractivity contribution in [2.24, 2.45) is 0 Å². The minimum absolute atomic E-state index is 0.508. The first-order valence-corrected chi connectivity index (χ1v) is 5.62. The number of rotatable bonds is 2. The van der Waals surface area contributed by atoms with E-state index in [1.54, 1.807) is 13.8 Å². The largest absolute Gasteiger partial charge is 0.246 e. The fourth-order valence-corrected chi connectivity index (χ4v) is 1.27. The van der Waals surface area contributed by atoms with Crippen LogP contribution in [0.3, 0.4) is 0 Å². The lowest BCUT2D eigenvalue weighted by Crippen LogP contribution is -1.90. The van der Waals surface area contributed by atoms with Gasteiger partial charge in [0.2, 0.25) is 0 Å². The van der Waals surface area contributed by atoms with Crippen LogP contribution < -0.4 is 0 Å². The molecule has 2 atom stereocenters. The zero-order valence-corrected chi connectivity index (χ0v) is 7.68. The molecule has 58 valence electrons. The van der Waals surface area contributed by atoms with Gasteiger partial charge >= 0.3 is 0 Å². The molecule has 0 N–H and O–H groups in total. The van der Waals surface area contributed by atoms with Gasteiger partial charge in [0, 0.05) is 22.0 Å². The standard InChI is InChI=1S/C6H10O2S2/c1-3-9(7)5-6-10(8)4-2/h3-4H2,1-2H3. The molecule has 2 nitrogen and oxygen atoms in total. The topological polar surface area (TPSA) is 34.1 Å². The molecule has 0 aromatic rings. The van der Waals surface area contributed by atoms with Crippen LogP contribution in [0.4, 0.5) is 0 Å². The molecule has 0 aliphatic carbocycles. The van der Waals surface area contributed by atoms with E-state index < -0.39 is 21.6 Å². The Morgan fingerprint density at radius 1 is 1.00 bits per heavy atom. The lowest BCUT2D eigenvalue weighted by Gasteiger charge is -1.81. The zero-order chi connectivity index (χ0) is 7.98. The maximum atomic E-state index is 10.6. The average Bonchev–Trinajstić information content (AvgIpc) is 1.99. The van der Waals surface area contributed by atoms with Crippen molar-refractivity contribution in [1.82, 2.24) is 0 Å². The van der Waals surface area contributed by atoms with Gasteiger partial charge in [0.25, 0.3) is 0 Å². The lowest BCUT2D eigenvalue weighted by molar-refractivity contribution is 0.688. The van der Waals surface area contributed by atoms with Crippen LogP contribution in [0, 0.1) is 10.5 Å². The fourth-order valence-electron chi connectivity index (χ4n) is 0.237. The van der Waals surface area contributed by atoms with Crippen LogP contribution in [0.2, 0.25) is 0 Å². The van der Waals surface area contributed by atoms with E-state index >= 15 is 0 Å². The molecule has 0 rings (SSSR count). The van der Waals surface area contributed by atoms with Gasteiger partial charge in [0.1, 0.15) is 0 Å². The first-order valence-electron chi connectivity index (χ1n) is 2.98. The highest BCUT2D eigenvalue weighted by molar-refractivity contribution is 7.93. The molecular formula is C6H10O2S2. The van der Waals surface area contributed by atoms with E-state index in [9.17, 15) is 8.42 Å². The maximum Gasteiger partial charge on any atom is 0.0981 e. The minimum Gasteiger partial charge on any atom is -0.246 e. The molecule has 0 heterocycles. The van der Waals surface area contributed by atoms with Crippen LogP contribution in [0.25, 0.3) is 0 Å². The van der Waals surface area contributed by atoms with E-state index in [0.717, 1.165) is 0 Å². The van der Waals surface area contributed by atoms with E-state index in [4.69, 9.17) is 0 Å². The summed E-state index contributed by atoms with van der Waals surface area (Å²) >= 11 is 0. The Hall–Kier alpha value is -0.140. The van der Waals surface area contributed by atoms with Crippen LogP contribution >= 0.6 is 0 Å². The molecule has 0 fully saturated rings. The third-order valence-electron chi connectivity index (χ3n) is 0.794. The highest BCUT2D eigenvalue weighted by atomic mass is 32.2. The molecule has 0 radical (unpaired) electrons. The lowest BCUT2D eigenvalue weighted by atomic mass is 11.0. The average molecular weight is 178 g/mol. The minimum atomic E-state index is -1.10. The molecule has 0 aliphatic heterocycles. The highest BCUT2D eigenvalue weighted by Gasteiger charge is 1.88. The first kappa shape index (κ1) is 9.86. The van der Waals surface area contributed by atoms with Crippen LogP contribution in [0.5, 0.6) is 0 Å². The number of hydrogen-bond donors (Lipinski definition) is 0. The molecule has 0 saturated carbocycles. The van der Waals surface area contributed by atoms with Gasteiger partial charge in [-0.25, -0.2) is 8.42 Å². The Bertz CT molecular complexity index is 180. The molecule has 0 aliphatic rings. The Kier molecular flexibility index (Phi) is 5.55. The number of hydrogen-bond acceptors (Lipinski definition) is 2. The quantitative estimate of drug-likeness (QED) is 0.575. The molecule has 0 amide bonds. The normalized spacial score (nSPS) is 15.0. The predicted octanol–water partition coefficient (Wildman–Crippen LogP) is 0.442. The van der Waals surface area contributed by atoms with Crippen molar-refractivity contribution < 1.29 is 8.42 Å². The van der Waals surface area contributed by atoms with Crippen molar-refractivity contribution in [2.45, 2.75) is 13.8 Å². The molecule has 0 saturated heterocycles. The van der Waals surface area contributed by atoms with Gasteiger partial charge in [-0.1, -0.05) is 13.8 Å². The monoisotopic (exact) mass is 178 g/mol. The second kappa shape index (κ2) is 5.63. The van der Waals surface area contributed by atoms with Crippen molar-refractivity contribution in [3.05, 3.63) is 0 Å². The van der Waals surface area contributed by atoms with Gasteiger partial charge in [-0.3, -0.25) is 0 Å². The summed E-state index contributed by atoms with van der Waals surface area (Å²) in [5.74, 6) is 1.02. The van der Waals surface area contributed by atoms with Crippen molar-refractivity contribution in [1.29, 1.82) is 0 Å². The van der Waals surface area contributed by atoms with Crippen LogP contribution in [0.1, 0.15) is 13.8 Å². The molecule has 2 unspecified atom stereocenters. The molecule has 0 aromatic heterocycles. The Balaban J connectivity index is 3.91. The third kappa shape index (κ3) is 4.71. The zero-order valence-electron chi connectivity index (χ0n) is 6.05. The molecule has 0 bridgehead atoms. The SMILES string of the molecule is CCS(=O)C#CS(=O)CC. The van der Waals surface area contributed by atoms with E-state index in [2.05, 4.69) is 10.5 Å². The fraction of sp³-hybridized carbons (Fsp3) is 0.667.